The van der Waals surface area contributed by atoms with Crippen LogP contribution in [0.5, 0.6) is 0 Å². The van der Waals surface area contributed by atoms with Crippen LogP contribution in [-0.2, 0) is 0 Å². The number of anilines is 1. The van der Waals surface area contributed by atoms with Crippen LogP contribution in [-0.4, -0.2) is 34.6 Å². The smallest absolute Gasteiger partial charge is 0.137 e. The second kappa shape index (κ2) is 4.66. The van der Waals surface area contributed by atoms with Gasteiger partial charge in [0.15, 0.2) is 0 Å². The lowest BCUT2D eigenvalue weighted by atomic mass is 10.2. The third-order valence-electron chi connectivity index (χ3n) is 3.01. The molecule has 1 aliphatic rings. The van der Waals surface area contributed by atoms with Crippen LogP contribution in [0.25, 0.3) is 10.9 Å². The monoisotopic (exact) mass is 263 g/mol. The Hall–Kier alpha value is -1.07. The molecule has 1 fully saturated rings. The van der Waals surface area contributed by atoms with Crippen molar-refractivity contribution in [2.75, 3.05) is 29.5 Å². The summed E-state index contributed by atoms with van der Waals surface area (Å²) in [5.41, 5.74) is 2.31. The quantitative estimate of drug-likeness (QED) is 0.802. The molecular weight excluding hydrogens is 250 g/mol. The molecule has 1 saturated heterocycles. The molecule has 5 heteroatoms. The van der Waals surface area contributed by atoms with Gasteiger partial charge in [-0.2, -0.15) is 11.8 Å². The fourth-order valence-corrected chi connectivity index (χ4v) is 3.21. The highest BCUT2D eigenvalue weighted by atomic mass is 32.2. The van der Waals surface area contributed by atoms with Crippen LogP contribution in [0.4, 0.5) is 5.69 Å². The topological polar surface area (TPSA) is 31.9 Å². The fraction of sp³-hybridized carbons (Fsp3) is 0.333. The first-order valence-electron chi connectivity index (χ1n) is 5.65. The summed E-state index contributed by atoms with van der Waals surface area (Å²) in [6.45, 7) is 2.24. The van der Waals surface area contributed by atoms with Gasteiger partial charge in [-0.25, -0.2) is 4.98 Å². The second-order valence-electron chi connectivity index (χ2n) is 4.04. The molecule has 1 aromatic heterocycles. The van der Waals surface area contributed by atoms with Crippen LogP contribution in [0.1, 0.15) is 0 Å². The summed E-state index contributed by atoms with van der Waals surface area (Å²) < 4.78 is 0.673. The van der Waals surface area contributed by atoms with E-state index in [0.29, 0.717) is 4.64 Å². The Morgan fingerprint density at radius 2 is 2.12 bits per heavy atom. The molecule has 1 aliphatic heterocycles. The number of hydrogen-bond donors (Lipinski definition) is 1. The first-order chi connectivity index (χ1) is 8.34. The van der Waals surface area contributed by atoms with Crippen LogP contribution in [0.2, 0.25) is 0 Å². The van der Waals surface area contributed by atoms with Crippen molar-refractivity contribution in [3.8, 4) is 0 Å². The Labute approximate surface area is 109 Å². The Bertz CT molecular complexity index is 588. The normalized spacial score (nSPS) is 16.4. The number of fused-ring (bicyclic) bond motifs is 1. The minimum Gasteiger partial charge on any atom is -0.370 e. The number of hydrogen-bond acceptors (Lipinski definition) is 4. The summed E-state index contributed by atoms with van der Waals surface area (Å²) in [4.78, 5) is 9.67. The van der Waals surface area contributed by atoms with Gasteiger partial charge < -0.3 is 9.88 Å². The molecule has 0 spiro atoms. The number of H-pyrrole nitrogens is 1. The SMILES string of the molecule is S=c1nc[nH]c2ccc(N3CCSCC3)cc12. The van der Waals surface area contributed by atoms with E-state index in [9.17, 15) is 0 Å². The molecule has 1 N–H and O–H groups in total. The molecule has 3 rings (SSSR count). The molecule has 0 aliphatic carbocycles. The number of rotatable bonds is 1. The van der Waals surface area contributed by atoms with Gasteiger partial charge in [0, 0.05) is 41.2 Å². The second-order valence-corrected chi connectivity index (χ2v) is 5.65. The van der Waals surface area contributed by atoms with Gasteiger partial charge in [-0.1, -0.05) is 12.2 Å². The molecule has 0 atom stereocenters. The Morgan fingerprint density at radius 3 is 2.94 bits per heavy atom. The predicted octanol–water partition coefficient (Wildman–Crippen LogP) is 2.85. The zero-order valence-electron chi connectivity index (χ0n) is 9.35. The minimum atomic E-state index is 0.673. The zero-order chi connectivity index (χ0) is 11.7. The molecule has 0 radical (unpaired) electrons. The van der Waals surface area contributed by atoms with E-state index in [2.05, 4.69) is 33.1 Å². The Morgan fingerprint density at radius 1 is 1.29 bits per heavy atom. The van der Waals surface area contributed by atoms with Crippen molar-refractivity contribution in [1.29, 1.82) is 0 Å². The lowest BCUT2D eigenvalue weighted by molar-refractivity contribution is 0.859. The Kier molecular flexibility index (Phi) is 3.03. The minimum absolute atomic E-state index is 0.673. The highest BCUT2D eigenvalue weighted by molar-refractivity contribution is 7.99. The molecular formula is C12H13N3S2. The summed E-state index contributed by atoms with van der Waals surface area (Å²) in [6.07, 6.45) is 1.65. The van der Waals surface area contributed by atoms with Gasteiger partial charge in [0.2, 0.25) is 0 Å². The van der Waals surface area contributed by atoms with Crippen molar-refractivity contribution < 1.29 is 0 Å². The summed E-state index contributed by atoms with van der Waals surface area (Å²) in [6, 6.07) is 6.39. The summed E-state index contributed by atoms with van der Waals surface area (Å²) in [5.74, 6) is 2.41. The predicted molar refractivity (Wildman–Crippen MR) is 76.5 cm³/mol. The first kappa shape index (κ1) is 11.0. The van der Waals surface area contributed by atoms with Crippen molar-refractivity contribution in [3.63, 3.8) is 0 Å². The largest absolute Gasteiger partial charge is 0.370 e. The number of thioether (sulfide) groups is 1. The van der Waals surface area contributed by atoms with Crippen molar-refractivity contribution in [2.45, 2.75) is 0 Å². The van der Waals surface area contributed by atoms with Crippen LogP contribution < -0.4 is 4.90 Å². The molecule has 3 nitrogen and oxygen atoms in total. The van der Waals surface area contributed by atoms with E-state index >= 15 is 0 Å². The first-order valence-corrected chi connectivity index (χ1v) is 7.21. The molecule has 0 bridgehead atoms. The van der Waals surface area contributed by atoms with Crippen LogP contribution >= 0.6 is 24.0 Å². The van der Waals surface area contributed by atoms with Gasteiger partial charge in [-0.3, -0.25) is 0 Å². The van der Waals surface area contributed by atoms with Crippen LogP contribution in [0.15, 0.2) is 24.5 Å². The summed E-state index contributed by atoms with van der Waals surface area (Å²) >= 11 is 7.28. The van der Waals surface area contributed by atoms with E-state index < -0.39 is 0 Å². The highest BCUT2D eigenvalue weighted by Gasteiger charge is 2.11. The van der Waals surface area contributed by atoms with E-state index in [1.165, 1.54) is 17.2 Å². The third kappa shape index (κ3) is 2.17. The Balaban J connectivity index is 2.06. The van der Waals surface area contributed by atoms with Crippen LogP contribution in [0.3, 0.4) is 0 Å². The molecule has 0 amide bonds. The van der Waals surface area contributed by atoms with Crippen molar-refractivity contribution in [1.82, 2.24) is 9.97 Å². The number of nitrogens with zero attached hydrogens (tertiary/aromatic N) is 2. The van der Waals surface area contributed by atoms with Crippen molar-refractivity contribution in [3.05, 3.63) is 29.2 Å². The highest BCUT2D eigenvalue weighted by Crippen LogP contribution is 2.23. The van der Waals surface area contributed by atoms with E-state index in [1.54, 1.807) is 6.33 Å². The fourth-order valence-electron chi connectivity index (χ4n) is 2.08. The molecule has 2 aromatic rings. The maximum absolute atomic E-state index is 5.26. The van der Waals surface area contributed by atoms with E-state index in [4.69, 9.17) is 12.2 Å². The number of aromatic amines is 1. The van der Waals surface area contributed by atoms with Crippen molar-refractivity contribution >= 4 is 40.6 Å². The van der Waals surface area contributed by atoms with Crippen LogP contribution in [0, 0.1) is 4.64 Å². The summed E-state index contributed by atoms with van der Waals surface area (Å²) in [5, 5.41) is 1.04. The maximum Gasteiger partial charge on any atom is 0.137 e. The number of aromatic nitrogens is 2. The summed E-state index contributed by atoms with van der Waals surface area (Å²) in [7, 11) is 0. The molecule has 2 heterocycles. The standard InChI is InChI=1S/C12H13N3S2/c16-12-10-7-9(15-3-5-17-6-4-15)1-2-11(10)13-8-14-12/h1-2,7-8H,3-6H2,(H,13,14,16). The van der Waals surface area contributed by atoms with E-state index in [0.717, 1.165) is 24.0 Å². The number of nitrogens with one attached hydrogen (secondary N) is 1. The molecule has 88 valence electrons. The van der Waals surface area contributed by atoms with Gasteiger partial charge in [0.05, 0.1) is 6.33 Å². The van der Waals surface area contributed by atoms with Gasteiger partial charge in [0.25, 0.3) is 0 Å². The lowest BCUT2D eigenvalue weighted by Gasteiger charge is -2.28. The van der Waals surface area contributed by atoms with Gasteiger partial charge in [-0.15, -0.1) is 0 Å². The number of benzene rings is 1. The maximum atomic E-state index is 5.26. The van der Waals surface area contributed by atoms with E-state index in [-0.39, 0.29) is 0 Å². The molecule has 17 heavy (non-hydrogen) atoms. The van der Waals surface area contributed by atoms with Gasteiger partial charge in [0.1, 0.15) is 4.64 Å². The third-order valence-corrected chi connectivity index (χ3v) is 4.28. The lowest BCUT2D eigenvalue weighted by Crippen LogP contribution is -2.32. The zero-order valence-corrected chi connectivity index (χ0v) is 11.0. The molecule has 0 unspecified atom stereocenters. The van der Waals surface area contributed by atoms with E-state index in [1.807, 2.05) is 11.8 Å². The molecule has 0 saturated carbocycles. The average Bonchev–Trinajstić information content (AvgIpc) is 2.40. The van der Waals surface area contributed by atoms with Gasteiger partial charge >= 0.3 is 0 Å². The van der Waals surface area contributed by atoms with Crippen molar-refractivity contribution in [2.24, 2.45) is 0 Å². The molecule has 1 aromatic carbocycles. The van der Waals surface area contributed by atoms with Gasteiger partial charge in [-0.05, 0) is 18.2 Å². The average molecular weight is 263 g/mol.